The molecule has 3 nitrogen and oxygen atoms in total. The van der Waals surface area contributed by atoms with E-state index in [1.807, 2.05) is 37.4 Å². The van der Waals surface area contributed by atoms with Crippen LogP contribution in [0.1, 0.15) is 37.0 Å². The fourth-order valence-corrected chi connectivity index (χ4v) is 4.73. The van der Waals surface area contributed by atoms with Crippen molar-refractivity contribution in [1.29, 1.82) is 0 Å². The van der Waals surface area contributed by atoms with Gasteiger partial charge in [0.05, 0.1) is 21.7 Å². The molecule has 0 amide bonds. The highest BCUT2D eigenvalue weighted by atomic mass is 32.2. The van der Waals surface area contributed by atoms with Gasteiger partial charge in [-0.1, -0.05) is 44.2 Å². The van der Waals surface area contributed by atoms with Gasteiger partial charge in [-0.25, -0.2) is 13.4 Å². The van der Waals surface area contributed by atoms with Crippen LogP contribution in [0.25, 0.3) is 0 Å². The number of hydrogen-bond donors (Lipinski definition) is 0. The predicted molar refractivity (Wildman–Crippen MR) is 92.9 cm³/mol. The molecule has 5 heteroatoms. The summed E-state index contributed by atoms with van der Waals surface area (Å²) in [7, 11) is -3.12. The lowest BCUT2D eigenvalue weighted by atomic mass is 10.1. The normalized spacial score (nSPS) is 13.5. The molecule has 1 aromatic carbocycles. The van der Waals surface area contributed by atoms with Crippen molar-refractivity contribution in [3.63, 3.8) is 0 Å². The Bertz CT molecular complexity index is 690. The lowest BCUT2D eigenvalue weighted by Crippen LogP contribution is -2.24. The molecule has 0 spiro atoms. The Morgan fingerprint density at radius 1 is 1.09 bits per heavy atom. The van der Waals surface area contributed by atoms with Crippen LogP contribution < -0.4 is 0 Å². The van der Waals surface area contributed by atoms with E-state index in [0.29, 0.717) is 5.69 Å². The maximum Gasteiger partial charge on any atom is 0.158 e. The minimum atomic E-state index is -3.12. The Hall–Kier alpha value is -1.20. The number of aryl methyl sites for hydroxylation is 2. The van der Waals surface area contributed by atoms with E-state index in [1.54, 1.807) is 18.3 Å². The Balaban J connectivity index is 1.97. The fraction of sp³-hybridized carbons (Fsp3) is 0.471. The summed E-state index contributed by atoms with van der Waals surface area (Å²) < 4.78 is 24.6. The molecule has 0 bridgehead atoms. The molecule has 0 aliphatic rings. The number of sulfone groups is 1. The SMILES string of the molecule is CC(C)C(C)S(=O)(=O)Cc1csc(CCc2ccccc2)n1. The van der Waals surface area contributed by atoms with Gasteiger partial charge in [0.2, 0.25) is 0 Å². The predicted octanol–water partition coefficient (Wildman–Crippen LogP) is 3.89. The zero-order valence-corrected chi connectivity index (χ0v) is 15.0. The summed E-state index contributed by atoms with van der Waals surface area (Å²) in [4.78, 5) is 4.49. The first kappa shape index (κ1) is 17.2. The quantitative estimate of drug-likeness (QED) is 0.770. The van der Waals surface area contributed by atoms with Gasteiger partial charge in [0, 0.05) is 11.8 Å². The topological polar surface area (TPSA) is 47.0 Å². The average molecular weight is 338 g/mol. The third-order valence-corrected chi connectivity index (χ3v) is 7.26. The van der Waals surface area contributed by atoms with Crippen molar-refractivity contribution in [2.45, 2.75) is 44.6 Å². The van der Waals surface area contributed by atoms with Gasteiger partial charge in [0.15, 0.2) is 9.84 Å². The zero-order chi connectivity index (χ0) is 16.2. The van der Waals surface area contributed by atoms with Crippen molar-refractivity contribution in [2.75, 3.05) is 0 Å². The average Bonchev–Trinajstić information content (AvgIpc) is 2.92. The van der Waals surface area contributed by atoms with Gasteiger partial charge < -0.3 is 0 Å². The van der Waals surface area contributed by atoms with Crippen LogP contribution >= 0.6 is 11.3 Å². The second-order valence-electron chi connectivity index (χ2n) is 5.97. The van der Waals surface area contributed by atoms with E-state index in [1.165, 1.54) is 5.56 Å². The van der Waals surface area contributed by atoms with Crippen LogP contribution in [-0.2, 0) is 28.4 Å². The first-order valence-electron chi connectivity index (χ1n) is 7.57. The van der Waals surface area contributed by atoms with Gasteiger partial charge in [-0.3, -0.25) is 0 Å². The Labute approximate surface area is 137 Å². The van der Waals surface area contributed by atoms with Crippen molar-refractivity contribution >= 4 is 21.2 Å². The van der Waals surface area contributed by atoms with Crippen LogP contribution in [0.4, 0.5) is 0 Å². The number of hydrogen-bond acceptors (Lipinski definition) is 4. The van der Waals surface area contributed by atoms with Gasteiger partial charge >= 0.3 is 0 Å². The van der Waals surface area contributed by atoms with E-state index in [9.17, 15) is 8.42 Å². The maximum atomic E-state index is 12.3. The molecule has 0 aliphatic carbocycles. The highest BCUT2D eigenvalue weighted by molar-refractivity contribution is 7.91. The number of aromatic nitrogens is 1. The standard InChI is InChI=1S/C17H23NO2S2/c1-13(2)14(3)22(19,20)12-16-11-21-17(18-16)10-9-15-7-5-4-6-8-15/h4-8,11,13-14H,9-10,12H2,1-3H3. The number of benzene rings is 1. The first-order chi connectivity index (χ1) is 10.4. The molecule has 0 saturated carbocycles. The Morgan fingerprint density at radius 3 is 2.41 bits per heavy atom. The van der Waals surface area contributed by atoms with Gasteiger partial charge in [-0.05, 0) is 24.8 Å². The summed E-state index contributed by atoms with van der Waals surface area (Å²) in [6.45, 7) is 5.66. The van der Waals surface area contributed by atoms with Crippen molar-refractivity contribution < 1.29 is 8.42 Å². The molecule has 1 atom stereocenters. The fourth-order valence-electron chi connectivity index (χ4n) is 2.18. The summed E-state index contributed by atoms with van der Waals surface area (Å²) in [6, 6.07) is 10.3. The van der Waals surface area contributed by atoms with Crippen molar-refractivity contribution in [3.8, 4) is 0 Å². The van der Waals surface area contributed by atoms with Crippen molar-refractivity contribution in [3.05, 3.63) is 52.0 Å². The lowest BCUT2D eigenvalue weighted by molar-refractivity contribution is 0.544. The smallest absolute Gasteiger partial charge is 0.158 e. The second kappa shape index (κ2) is 7.38. The minimum Gasteiger partial charge on any atom is -0.245 e. The second-order valence-corrected chi connectivity index (χ2v) is 9.28. The molecular weight excluding hydrogens is 314 g/mol. The van der Waals surface area contributed by atoms with Crippen molar-refractivity contribution in [1.82, 2.24) is 4.98 Å². The summed E-state index contributed by atoms with van der Waals surface area (Å²) in [5.41, 5.74) is 1.96. The summed E-state index contributed by atoms with van der Waals surface area (Å²) >= 11 is 1.55. The number of nitrogens with zero attached hydrogens (tertiary/aromatic N) is 1. The molecule has 1 aromatic heterocycles. The van der Waals surface area contributed by atoms with Crippen LogP contribution in [0.15, 0.2) is 35.7 Å². The van der Waals surface area contributed by atoms with Gasteiger partial charge in [0.1, 0.15) is 0 Å². The van der Waals surface area contributed by atoms with E-state index in [2.05, 4.69) is 17.1 Å². The van der Waals surface area contributed by atoms with E-state index in [-0.39, 0.29) is 16.9 Å². The molecule has 22 heavy (non-hydrogen) atoms. The highest BCUT2D eigenvalue weighted by Crippen LogP contribution is 2.19. The molecule has 1 heterocycles. The molecule has 0 radical (unpaired) electrons. The summed E-state index contributed by atoms with van der Waals surface area (Å²) in [6.07, 6.45) is 1.79. The maximum absolute atomic E-state index is 12.3. The Kier molecular flexibility index (Phi) is 5.75. The summed E-state index contributed by atoms with van der Waals surface area (Å²) in [5.74, 6) is 0.176. The third kappa shape index (κ3) is 4.65. The zero-order valence-electron chi connectivity index (χ0n) is 13.3. The number of thiazole rings is 1. The van der Waals surface area contributed by atoms with Gasteiger partial charge in [-0.15, -0.1) is 11.3 Å². The Morgan fingerprint density at radius 2 is 1.77 bits per heavy atom. The minimum absolute atomic E-state index is 0.0498. The molecule has 2 aromatic rings. The molecule has 2 rings (SSSR count). The van der Waals surface area contributed by atoms with Crippen LogP contribution in [0.3, 0.4) is 0 Å². The van der Waals surface area contributed by atoms with Crippen molar-refractivity contribution in [2.24, 2.45) is 5.92 Å². The highest BCUT2D eigenvalue weighted by Gasteiger charge is 2.25. The monoisotopic (exact) mass is 337 g/mol. The molecule has 1 unspecified atom stereocenters. The molecule has 0 fully saturated rings. The van der Waals surface area contributed by atoms with E-state index in [0.717, 1.165) is 17.8 Å². The van der Waals surface area contributed by atoms with E-state index < -0.39 is 9.84 Å². The molecular formula is C17H23NO2S2. The van der Waals surface area contributed by atoms with E-state index >= 15 is 0 Å². The molecule has 0 saturated heterocycles. The van der Waals surface area contributed by atoms with Crippen LogP contribution in [0.2, 0.25) is 0 Å². The lowest BCUT2D eigenvalue weighted by Gasteiger charge is -2.15. The third-order valence-electron chi connectivity index (χ3n) is 3.92. The molecule has 0 aliphatic heterocycles. The summed E-state index contributed by atoms with van der Waals surface area (Å²) in [5, 5.41) is 2.55. The number of rotatable bonds is 7. The molecule has 0 N–H and O–H groups in total. The largest absolute Gasteiger partial charge is 0.245 e. The van der Waals surface area contributed by atoms with Crippen LogP contribution in [0.5, 0.6) is 0 Å². The van der Waals surface area contributed by atoms with E-state index in [4.69, 9.17) is 0 Å². The van der Waals surface area contributed by atoms with Crippen LogP contribution in [0, 0.1) is 5.92 Å². The molecule has 120 valence electrons. The van der Waals surface area contributed by atoms with Crippen LogP contribution in [-0.4, -0.2) is 18.7 Å². The van der Waals surface area contributed by atoms with Gasteiger partial charge in [0.25, 0.3) is 0 Å². The first-order valence-corrected chi connectivity index (χ1v) is 10.2. The van der Waals surface area contributed by atoms with Gasteiger partial charge in [-0.2, -0.15) is 0 Å².